The highest BCUT2D eigenvalue weighted by atomic mass is 16.2. The Bertz CT molecular complexity index is 845. The first kappa shape index (κ1) is 18.0. The molecule has 2 fully saturated rings. The number of rotatable bonds is 5. The molecule has 1 aromatic carbocycles. The SMILES string of the molecule is Cc1cccc2cc(C(=O)NC3CC4CCC(C3)C4NC(=O)CCN)[nH]c12. The van der Waals surface area contributed by atoms with Gasteiger partial charge in [-0.3, -0.25) is 9.59 Å². The number of carbonyl (C=O) groups is 2. The molecular formula is C21H28N4O2. The zero-order chi connectivity index (χ0) is 19.0. The molecule has 0 aliphatic heterocycles. The normalized spacial score (nSPS) is 26.9. The highest BCUT2D eigenvalue weighted by Crippen LogP contribution is 2.42. The maximum absolute atomic E-state index is 12.7. The number of para-hydroxylation sites is 1. The first-order valence-corrected chi connectivity index (χ1v) is 9.93. The Morgan fingerprint density at radius 2 is 1.93 bits per heavy atom. The van der Waals surface area contributed by atoms with Gasteiger partial charge in [-0.2, -0.15) is 0 Å². The fourth-order valence-corrected chi connectivity index (χ4v) is 4.96. The molecule has 6 nitrogen and oxygen atoms in total. The average molecular weight is 368 g/mol. The third-order valence-corrected chi connectivity index (χ3v) is 6.24. The summed E-state index contributed by atoms with van der Waals surface area (Å²) in [4.78, 5) is 27.9. The molecule has 0 spiro atoms. The number of nitrogens with two attached hydrogens (primary N) is 1. The molecule has 6 heteroatoms. The summed E-state index contributed by atoms with van der Waals surface area (Å²) in [7, 11) is 0. The van der Waals surface area contributed by atoms with E-state index in [2.05, 4.69) is 15.6 Å². The quantitative estimate of drug-likeness (QED) is 0.651. The summed E-state index contributed by atoms with van der Waals surface area (Å²) in [6.45, 7) is 2.43. The minimum atomic E-state index is -0.0411. The molecule has 2 unspecified atom stereocenters. The molecule has 2 aliphatic carbocycles. The number of hydrogen-bond acceptors (Lipinski definition) is 3. The Hall–Kier alpha value is -2.34. The van der Waals surface area contributed by atoms with E-state index in [9.17, 15) is 9.59 Å². The maximum atomic E-state index is 12.7. The summed E-state index contributed by atoms with van der Waals surface area (Å²) in [5, 5.41) is 7.45. The Labute approximate surface area is 159 Å². The van der Waals surface area contributed by atoms with Crippen LogP contribution in [-0.4, -0.2) is 35.4 Å². The van der Waals surface area contributed by atoms with Crippen LogP contribution in [0.25, 0.3) is 10.9 Å². The second kappa shape index (κ2) is 7.35. The fourth-order valence-electron chi connectivity index (χ4n) is 4.96. The maximum Gasteiger partial charge on any atom is 0.267 e. The van der Waals surface area contributed by atoms with Crippen LogP contribution >= 0.6 is 0 Å². The summed E-state index contributed by atoms with van der Waals surface area (Å²) in [6, 6.07) is 8.40. The molecule has 2 amide bonds. The van der Waals surface area contributed by atoms with E-state index in [1.54, 1.807) is 0 Å². The monoisotopic (exact) mass is 368 g/mol. The molecule has 1 aromatic heterocycles. The number of amides is 2. The van der Waals surface area contributed by atoms with E-state index in [4.69, 9.17) is 5.73 Å². The van der Waals surface area contributed by atoms with Crippen LogP contribution in [0.5, 0.6) is 0 Å². The second-order valence-corrected chi connectivity index (χ2v) is 8.09. The molecule has 0 radical (unpaired) electrons. The van der Waals surface area contributed by atoms with Gasteiger partial charge in [0.2, 0.25) is 5.91 Å². The van der Waals surface area contributed by atoms with Crippen molar-refractivity contribution in [1.29, 1.82) is 0 Å². The largest absolute Gasteiger partial charge is 0.353 e. The lowest BCUT2D eigenvalue weighted by Gasteiger charge is -2.36. The summed E-state index contributed by atoms with van der Waals surface area (Å²) in [5.74, 6) is 0.900. The highest BCUT2D eigenvalue weighted by molar-refractivity contribution is 5.98. The first-order valence-electron chi connectivity index (χ1n) is 9.93. The van der Waals surface area contributed by atoms with Crippen molar-refractivity contribution in [3.63, 3.8) is 0 Å². The third kappa shape index (κ3) is 3.58. The highest BCUT2D eigenvalue weighted by Gasteiger charge is 2.43. The van der Waals surface area contributed by atoms with Gasteiger partial charge in [0.05, 0.1) is 0 Å². The second-order valence-electron chi connectivity index (χ2n) is 8.09. The zero-order valence-corrected chi connectivity index (χ0v) is 15.8. The molecule has 1 heterocycles. The van der Waals surface area contributed by atoms with Crippen LogP contribution in [0.1, 0.15) is 48.2 Å². The summed E-state index contributed by atoms with van der Waals surface area (Å²) >= 11 is 0. The van der Waals surface area contributed by atoms with Crippen molar-refractivity contribution in [1.82, 2.24) is 15.6 Å². The van der Waals surface area contributed by atoms with Crippen molar-refractivity contribution in [2.75, 3.05) is 6.54 Å². The number of carbonyl (C=O) groups excluding carboxylic acids is 2. The van der Waals surface area contributed by atoms with Crippen molar-refractivity contribution < 1.29 is 9.59 Å². The van der Waals surface area contributed by atoms with Gasteiger partial charge in [0.25, 0.3) is 5.91 Å². The topological polar surface area (TPSA) is 100 Å². The summed E-state index contributed by atoms with van der Waals surface area (Å²) < 4.78 is 0. The van der Waals surface area contributed by atoms with Crippen molar-refractivity contribution >= 4 is 22.7 Å². The van der Waals surface area contributed by atoms with Crippen LogP contribution in [0, 0.1) is 18.8 Å². The van der Waals surface area contributed by atoms with Crippen molar-refractivity contribution in [2.45, 2.75) is 51.1 Å². The van der Waals surface area contributed by atoms with E-state index in [1.807, 2.05) is 31.2 Å². The molecule has 2 bridgehead atoms. The van der Waals surface area contributed by atoms with E-state index in [-0.39, 0.29) is 23.9 Å². The van der Waals surface area contributed by atoms with E-state index in [0.29, 0.717) is 30.5 Å². The Morgan fingerprint density at radius 1 is 1.19 bits per heavy atom. The van der Waals surface area contributed by atoms with Gasteiger partial charge in [-0.05, 0) is 56.1 Å². The van der Waals surface area contributed by atoms with E-state index < -0.39 is 0 Å². The van der Waals surface area contributed by atoms with E-state index in [1.165, 1.54) is 0 Å². The lowest BCUT2D eigenvalue weighted by molar-refractivity contribution is -0.122. The minimum absolute atomic E-state index is 0.0411. The molecule has 2 atom stereocenters. The van der Waals surface area contributed by atoms with Crippen molar-refractivity contribution in [3.05, 3.63) is 35.5 Å². The number of aromatic amines is 1. The first-order chi connectivity index (χ1) is 13.0. The van der Waals surface area contributed by atoms with Crippen molar-refractivity contribution in [3.8, 4) is 0 Å². The number of nitrogens with one attached hydrogen (secondary N) is 3. The van der Waals surface area contributed by atoms with Gasteiger partial charge >= 0.3 is 0 Å². The Morgan fingerprint density at radius 3 is 2.59 bits per heavy atom. The Kier molecular flexibility index (Phi) is 4.91. The molecule has 5 N–H and O–H groups in total. The Balaban J connectivity index is 1.40. The van der Waals surface area contributed by atoms with E-state index >= 15 is 0 Å². The molecule has 27 heavy (non-hydrogen) atoms. The molecule has 2 saturated carbocycles. The van der Waals surface area contributed by atoms with Crippen LogP contribution in [0.15, 0.2) is 24.3 Å². The van der Waals surface area contributed by atoms with Gasteiger partial charge in [0.15, 0.2) is 0 Å². The molecule has 4 rings (SSSR count). The third-order valence-electron chi connectivity index (χ3n) is 6.24. The lowest BCUT2D eigenvalue weighted by Crippen LogP contribution is -2.50. The lowest BCUT2D eigenvalue weighted by atomic mass is 9.81. The molecule has 2 aliphatic rings. The number of fused-ring (bicyclic) bond motifs is 3. The summed E-state index contributed by atoms with van der Waals surface area (Å²) in [6.07, 6.45) is 4.48. The average Bonchev–Trinajstić information content (AvgIpc) is 3.15. The smallest absolute Gasteiger partial charge is 0.267 e. The summed E-state index contributed by atoms with van der Waals surface area (Å²) in [5.41, 5.74) is 8.25. The van der Waals surface area contributed by atoms with Crippen molar-refractivity contribution in [2.24, 2.45) is 17.6 Å². The number of H-pyrrole nitrogens is 1. The molecular weight excluding hydrogens is 340 g/mol. The van der Waals surface area contributed by atoms with Crippen LogP contribution < -0.4 is 16.4 Å². The van der Waals surface area contributed by atoms with Gasteiger partial charge in [-0.15, -0.1) is 0 Å². The fraction of sp³-hybridized carbons (Fsp3) is 0.524. The predicted octanol–water partition coefficient (Wildman–Crippen LogP) is 2.23. The van der Waals surface area contributed by atoms with Gasteiger partial charge in [0, 0.05) is 36.0 Å². The number of hydrogen-bond donors (Lipinski definition) is 4. The molecule has 2 aromatic rings. The standard InChI is InChI=1S/C21H28N4O2/c1-12-3-2-4-13-11-17(24-19(12)13)21(27)23-16-9-14-5-6-15(10-16)20(14)25-18(26)7-8-22/h2-4,11,14-16,20,24H,5-10,22H2,1H3,(H,23,27)(H,25,26). The molecule has 0 saturated heterocycles. The van der Waals surface area contributed by atoms with Gasteiger partial charge in [-0.25, -0.2) is 0 Å². The van der Waals surface area contributed by atoms with Gasteiger partial charge in [-0.1, -0.05) is 18.2 Å². The van der Waals surface area contributed by atoms with Crippen LogP contribution in [0.2, 0.25) is 0 Å². The minimum Gasteiger partial charge on any atom is -0.353 e. The van der Waals surface area contributed by atoms with Gasteiger partial charge < -0.3 is 21.4 Å². The van der Waals surface area contributed by atoms with Crippen LogP contribution in [0.4, 0.5) is 0 Å². The number of aryl methyl sites for hydroxylation is 1. The van der Waals surface area contributed by atoms with Crippen LogP contribution in [0.3, 0.4) is 0 Å². The number of aromatic nitrogens is 1. The zero-order valence-electron chi connectivity index (χ0n) is 15.8. The van der Waals surface area contributed by atoms with Crippen LogP contribution in [-0.2, 0) is 4.79 Å². The van der Waals surface area contributed by atoms with E-state index in [0.717, 1.165) is 42.1 Å². The molecule has 144 valence electrons. The van der Waals surface area contributed by atoms with Gasteiger partial charge in [0.1, 0.15) is 5.69 Å². The predicted molar refractivity (Wildman–Crippen MR) is 105 cm³/mol. The number of benzene rings is 1.